The first-order valence-electron chi connectivity index (χ1n) is 8.77. The van der Waals surface area contributed by atoms with Crippen molar-refractivity contribution in [3.63, 3.8) is 0 Å². The molecule has 0 bridgehead atoms. The topological polar surface area (TPSA) is 66.9 Å². The normalized spacial score (nSPS) is 16.0. The Balaban J connectivity index is 1.22. The molecule has 0 spiro atoms. The van der Waals surface area contributed by atoms with Gasteiger partial charge in [0.25, 0.3) is 0 Å². The molecule has 0 radical (unpaired) electrons. The number of piperazine rings is 1. The Morgan fingerprint density at radius 2 is 2.04 bits per heavy atom. The minimum atomic E-state index is 0.000660. The Labute approximate surface area is 156 Å². The van der Waals surface area contributed by atoms with Crippen LogP contribution in [-0.2, 0) is 6.42 Å². The van der Waals surface area contributed by atoms with Crippen LogP contribution in [0, 0.1) is 6.92 Å². The van der Waals surface area contributed by atoms with Gasteiger partial charge in [-0.05, 0) is 31.0 Å². The molecule has 0 unspecified atom stereocenters. The van der Waals surface area contributed by atoms with Gasteiger partial charge in [0.05, 0.1) is 5.69 Å². The van der Waals surface area contributed by atoms with Gasteiger partial charge in [-0.3, -0.25) is 0 Å². The molecule has 0 saturated carbocycles. The summed E-state index contributed by atoms with van der Waals surface area (Å²) in [5.74, 6) is 1.56. The van der Waals surface area contributed by atoms with Gasteiger partial charge in [0.2, 0.25) is 6.79 Å². The molecule has 1 fully saturated rings. The van der Waals surface area contributed by atoms with Gasteiger partial charge in [0.15, 0.2) is 16.6 Å². The number of hydrogen-bond acceptors (Lipinski definition) is 6. The molecule has 2 amide bonds. The van der Waals surface area contributed by atoms with Crippen LogP contribution in [0.4, 0.5) is 9.93 Å². The lowest BCUT2D eigenvalue weighted by atomic mass is 10.1. The SMILES string of the molecule is Cc1csc(N2CCN(C(=O)NCCc3ccc4c(c3)OCO4)CC2)n1. The second-order valence-electron chi connectivity index (χ2n) is 6.42. The molecule has 8 heteroatoms. The zero-order chi connectivity index (χ0) is 17.9. The molecule has 3 heterocycles. The van der Waals surface area contributed by atoms with Gasteiger partial charge in [-0.15, -0.1) is 11.3 Å². The number of hydrogen-bond donors (Lipinski definition) is 1. The van der Waals surface area contributed by atoms with Gasteiger partial charge in [-0.1, -0.05) is 6.07 Å². The predicted octanol–water partition coefficient (Wildman–Crippen LogP) is 2.25. The third kappa shape index (κ3) is 3.70. The highest BCUT2D eigenvalue weighted by Gasteiger charge is 2.22. The van der Waals surface area contributed by atoms with Crippen molar-refractivity contribution < 1.29 is 14.3 Å². The maximum absolute atomic E-state index is 12.4. The number of nitrogens with one attached hydrogen (secondary N) is 1. The van der Waals surface area contributed by atoms with E-state index >= 15 is 0 Å². The van der Waals surface area contributed by atoms with E-state index < -0.39 is 0 Å². The van der Waals surface area contributed by atoms with E-state index in [1.807, 2.05) is 30.0 Å². The number of urea groups is 1. The number of fused-ring (bicyclic) bond motifs is 1. The summed E-state index contributed by atoms with van der Waals surface area (Å²) in [6.07, 6.45) is 0.765. The summed E-state index contributed by atoms with van der Waals surface area (Å²) < 4.78 is 10.7. The molecule has 2 aliphatic heterocycles. The number of ether oxygens (including phenoxy) is 2. The van der Waals surface area contributed by atoms with Gasteiger partial charge >= 0.3 is 6.03 Å². The zero-order valence-electron chi connectivity index (χ0n) is 14.7. The van der Waals surface area contributed by atoms with E-state index in [2.05, 4.69) is 20.6 Å². The average Bonchev–Trinajstić information content (AvgIpc) is 3.30. The van der Waals surface area contributed by atoms with Crippen LogP contribution >= 0.6 is 11.3 Å². The number of carbonyl (C=O) groups excluding carboxylic acids is 1. The number of nitrogens with zero attached hydrogens (tertiary/aromatic N) is 3. The number of rotatable bonds is 4. The molecule has 1 saturated heterocycles. The van der Waals surface area contributed by atoms with Gasteiger partial charge in [0, 0.05) is 38.1 Å². The molecular formula is C18H22N4O3S. The van der Waals surface area contributed by atoms with E-state index in [-0.39, 0.29) is 12.8 Å². The van der Waals surface area contributed by atoms with E-state index in [1.165, 1.54) is 0 Å². The largest absolute Gasteiger partial charge is 0.454 e. The Bertz CT molecular complexity index is 786. The highest BCUT2D eigenvalue weighted by molar-refractivity contribution is 7.13. The number of anilines is 1. The molecule has 0 aliphatic carbocycles. The van der Waals surface area contributed by atoms with Crippen LogP contribution in [0.1, 0.15) is 11.3 Å². The van der Waals surface area contributed by atoms with Gasteiger partial charge in [0.1, 0.15) is 0 Å². The Kier molecular flexibility index (Phi) is 4.83. The lowest BCUT2D eigenvalue weighted by Crippen LogP contribution is -2.52. The molecule has 26 heavy (non-hydrogen) atoms. The summed E-state index contributed by atoms with van der Waals surface area (Å²) in [6, 6.07) is 5.90. The number of aryl methyl sites for hydroxylation is 1. The van der Waals surface area contributed by atoms with E-state index in [4.69, 9.17) is 9.47 Å². The van der Waals surface area contributed by atoms with E-state index in [1.54, 1.807) is 11.3 Å². The number of thiazole rings is 1. The third-order valence-corrected chi connectivity index (χ3v) is 5.59. The standard InChI is InChI=1S/C18H22N4O3S/c1-13-11-26-18(20-13)22-8-6-21(7-9-22)17(23)19-5-4-14-2-3-15-16(10-14)25-12-24-15/h2-3,10-11H,4-9,12H2,1H3,(H,19,23). The van der Waals surface area contributed by atoms with Gasteiger partial charge in [-0.25, -0.2) is 9.78 Å². The molecule has 138 valence electrons. The highest BCUT2D eigenvalue weighted by atomic mass is 32.1. The van der Waals surface area contributed by atoms with Crippen LogP contribution in [0.3, 0.4) is 0 Å². The Morgan fingerprint density at radius 3 is 2.81 bits per heavy atom. The predicted molar refractivity (Wildman–Crippen MR) is 100 cm³/mol. The molecule has 1 N–H and O–H groups in total. The van der Waals surface area contributed by atoms with Crippen LogP contribution in [-0.4, -0.2) is 55.4 Å². The summed E-state index contributed by atoms with van der Waals surface area (Å²) >= 11 is 1.66. The van der Waals surface area contributed by atoms with Crippen molar-refractivity contribution in [2.75, 3.05) is 44.4 Å². The molecule has 2 aliphatic rings. The van der Waals surface area contributed by atoms with Crippen molar-refractivity contribution in [2.45, 2.75) is 13.3 Å². The molecular weight excluding hydrogens is 352 g/mol. The van der Waals surface area contributed by atoms with Crippen molar-refractivity contribution in [1.29, 1.82) is 0 Å². The first-order chi connectivity index (χ1) is 12.7. The van der Waals surface area contributed by atoms with Gasteiger partial charge < -0.3 is 24.6 Å². The lowest BCUT2D eigenvalue weighted by molar-refractivity contribution is 0.174. The highest BCUT2D eigenvalue weighted by Crippen LogP contribution is 2.32. The fourth-order valence-electron chi connectivity index (χ4n) is 3.11. The zero-order valence-corrected chi connectivity index (χ0v) is 15.6. The first kappa shape index (κ1) is 17.0. The molecule has 7 nitrogen and oxygen atoms in total. The molecule has 4 rings (SSSR count). The van der Waals surface area contributed by atoms with Crippen LogP contribution in [0.25, 0.3) is 0 Å². The van der Waals surface area contributed by atoms with E-state index in [0.717, 1.165) is 47.4 Å². The summed E-state index contributed by atoms with van der Waals surface area (Å²) in [6.45, 7) is 5.96. The monoisotopic (exact) mass is 374 g/mol. The molecule has 0 atom stereocenters. The third-order valence-electron chi connectivity index (χ3n) is 4.57. The fourth-order valence-corrected chi connectivity index (χ4v) is 3.97. The number of benzene rings is 1. The smallest absolute Gasteiger partial charge is 0.317 e. The summed E-state index contributed by atoms with van der Waals surface area (Å²) in [4.78, 5) is 21.0. The van der Waals surface area contributed by atoms with Crippen LogP contribution in [0.15, 0.2) is 23.6 Å². The van der Waals surface area contributed by atoms with Crippen molar-refractivity contribution in [3.8, 4) is 11.5 Å². The van der Waals surface area contributed by atoms with Crippen LogP contribution in [0.2, 0.25) is 0 Å². The minimum absolute atomic E-state index is 0.000660. The molecule has 1 aromatic heterocycles. The second kappa shape index (κ2) is 7.41. The number of amides is 2. The Hall–Kier alpha value is -2.48. The van der Waals surface area contributed by atoms with Crippen molar-refractivity contribution in [3.05, 3.63) is 34.8 Å². The second-order valence-corrected chi connectivity index (χ2v) is 7.25. The minimum Gasteiger partial charge on any atom is -0.454 e. The van der Waals surface area contributed by atoms with E-state index in [0.29, 0.717) is 19.6 Å². The summed E-state index contributed by atoms with van der Waals surface area (Å²) in [7, 11) is 0. The molecule has 2 aromatic rings. The maximum atomic E-state index is 12.4. The summed E-state index contributed by atoms with van der Waals surface area (Å²) in [5.41, 5.74) is 2.17. The fraction of sp³-hybridized carbons (Fsp3) is 0.444. The lowest BCUT2D eigenvalue weighted by Gasteiger charge is -2.34. The van der Waals surface area contributed by atoms with Crippen LogP contribution in [0.5, 0.6) is 11.5 Å². The maximum Gasteiger partial charge on any atom is 0.317 e. The number of carbonyl (C=O) groups is 1. The Morgan fingerprint density at radius 1 is 1.23 bits per heavy atom. The first-order valence-corrected chi connectivity index (χ1v) is 9.65. The quantitative estimate of drug-likeness (QED) is 0.889. The number of aromatic nitrogens is 1. The van der Waals surface area contributed by atoms with Gasteiger partial charge in [-0.2, -0.15) is 0 Å². The van der Waals surface area contributed by atoms with E-state index in [9.17, 15) is 4.79 Å². The van der Waals surface area contributed by atoms with Crippen molar-refractivity contribution in [1.82, 2.24) is 15.2 Å². The van der Waals surface area contributed by atoms with Crippen molar-refractivity contribution in [2.24, 2.45) is 0 Å². The average molecular weight is 374 g/mol. The molecule has 1 aromatic carbocycles. The van der Waals surface area contributed by atoms with Crippen molar-refractivity contribution >= 4 is 22.5 Å². The summed E-state index contributed by atoms with van der Waals surface area (Å²) in [5, 5.41) is 6.12. The van der Waals surface area contributed by atoms with Crippen LogP contribution < -0.4 is 19.7 Å².